The summed E-state index contributed by atoms with van der Waals surface area (Å²) in [6, 6.07) is 0.314. The lowest BCUT2D eigenvalue weighted by molar-refractivity contribution is 0.0276. The maximum atomic E-state index is 5.84. The monoisotopic (exact) mass is 214 g/mol. The lowest BCUT2D eigenvalue weighted by Crippen LogP contribution is -2.44. The van der Waals surface area contributed by atoms with Gasteiger partial charge in [-0.15, -0.1) is 0 Å². The third-order valence-electron chi connectivity index (χ3n) is 3.13. The van der Waals surface area contributed by atoms with E-state index in [1.54, 1.807) is 0 Å². The second-order valence-electron chi connectivity index (χ2n) is 5.93. The zero-order valence-corrected chi connectivity index (χ0v) is 10.5. The van der Waals surface area contributed by atoms with Crippen LogP contribution in [0, 0.1) is 5.41 Å². The van der Waals surface area contributed by atoms with Crippen molar-refractivity contribution < 1.29 is 4.74 Å². The van der Waals surface area contributed by atoms with Gasteiger partial charge >= 0.3 is 0 Å². The number of ether oxygens (including phenoxy) is 1. The van der Waals surface area contributed by atoms with Crippen molar-refractivity contribution in [2.24, 2.45) is 11.3 Å². The van der Waals surface area contributed by atoms with Crippen molar-refractivity contribution in [2.75, 3.05) is 0 Å². The average molecular weight is 214 g/mol. The molecule has 1 aliphatic rings. The fourth-order valence-corrected chi connectivity index (χ4v) is 2.09. The van der Waals surface area contributed by atoms with Crippen LogP contribution < -0.4 is 11.3 Å². The zero-order valence-electron chi connectivity index (χ0n) is 10.5. The molecule has 0 aromatic rings. The topological polar surface area (TPSA) is 47.3 Å². The largest absolute Gasteiger partial charge is 0.374 e. The predicted octanol–water partition coefficient (Wildman–Crippen LogP) is 2.21. The smallest absolute Gasteiger partial charge is 0.0746 e. The lowest BCUT2D eigenvalue weighted by Gasteiger charge is -2.26. The standard InChI is InChI=1S/C12H26N2O/c1-9-5-6-11(15-9)10(14-13)7-8-12(2,3)4/h9-11,14H,5-8,13H2,1-4H3. The molecule has 3 unspecified atom stereocenters. The first-order chi connectivity index (χ1) is 6.92. The van der Waals surface area contributed by atoms with Crippen LogP contribution in [0.15, 0.2) is 0 Å². The van der Waals surface area contributed by atoms with E-state index in [1.807, 2.05) is 0 Å². The second-order valence-corrected chi connectivity index (χ2v) is 5.93. The molecule has 0 aromatic heterocycles. The molecule has 3 N–H and O–H groups in total. The Balaban J connectivity index is 2.36. The van der Waals surface area contributed by atoms with Crippen LogP contribution in [0.25, 0.3) is 0 Å². The van der Waals surface area contributed by atoms with Crippen LogP contribution in [0.1, 0.15) is 53.4 Å². The van der Waals surface area contributed by atoms with Crippen molar-refractivity contribution in [3.8, 4) is 0 Å². The summed E-state index contributed by atoms with van der Waals surface area (Å²) in [4.78, 5) is 0. The molecule has 1 rings (SSSR count). The van der Waals surface area contributed by atoms with Crippen LogP contribution in [-0.2, 0) is 4.74 Å². The third kappa shape index (κ3) is 4.49. The van der Waals surface area contributed by atoms with E-state index < -0.39 is 0 Å². The molecule has 1 saturated heterocycles. The molecule has 15 heavy (non-hydrogen) atoms. The molecule has 1 fully saturated rings. The molecule has 3 heteroatoms. The summed E-state index contributed by atoms with van der Waals surface area (Å²) in [7, 11) is 0. The fourth-order valence-electron chi connectivity index (χ4n) is 2.09. The maximum Gasteiger partial charge on any atom is 0.0746 e. The molecular weight excluding hydrogens is 188 g/mol. The van der Waals surface area contributed by atoms with E-state index >= 15 is 0 Å². The molecule has 0 aromatic carbocycles. The summed E-state index contributed by atoms with van der Waals surface area (Å²) >= 11 is 0. The maximum absolute atomic E-state index is 5.84. The second kappa shape index (κ2) is 5.28. The Morgan fingerprint density at radius 1 is 1.40 bits per heavy atom. The van der Waals surface area contributed by atoms with Crippen molar-refractivity contribution in [1.82, 2.24) is 5.43 Å². The van der Waals surface area contributed by atoms with Gasteiger partial charge in [0.2, 0.25) is 0 Å². The number of rotatable bonds is 4. The minimum absolute atomic E-state index is 0.312. The molecule has 0 aliphatic carbocycles. The summed E-state index contributed by atoms with van der Waals surface area (Å²) < 4.78 is 5.84. The minimum Gasteiger partial charge on any atom is -0.374 e. The van der Waals surface area contributed by atoms with E-state index in [1.165, 1.54) is 12.8 Å². The highest BCUT2D eigenvalue weighted by molar-refractivity contribution is 4.82. The molecule has 0 spiro atoms. The van der Waals surface area contributed by atoms with Crippen molar-refractivity contribution in [2.45, 2.75) is 71.6 Å². The van der Waals surface area contributed by atoms with E-state index in [0.717, 1.165) is 12.8 Å². The predicted molar refractivity (Wildman–Crippen MR) is 63.4 cm³/mol. The highest BCUT2D eigenvalue weighted by Crippen LogP contribution is 2.27. The SMILES string of the molecule is CC1CCC(C(CCC(C)(C)C)NN)O1. The molecule has 1 heterocycles. The van der Waals surface area contributed by atoms with Crippen LogP contribution >= 0.6 is 0 Å². The van der Waals surface area contributed by atoms with Gasteiger partial charge < -0.3 is 4.74 Å². The number of hydrogen-bond acceptors (Lipinski definition) is 3. The third-order valence-corrected chi connectivity index (χ3v) is 3.13. The molecule has 0 saturated carbocycles. The molecule has 3 nitrogen and oxygen atoms in total. The molecule has 3 atom stereocenters. The van der Waals surface area contributed by atoms with E-state index in [2.05, 4.69) is 33.1 Å². The first-order valence-corrected chi connectivity index (χ1v) is 6.04. The van der Waals surface area contributed by atoms with Crippen molar-refractivity contribution in [1.29, 1.82) is 0 Å². The molecular formula is C12H26N2O. The van der Waals surface area contributed by atoms with Gasteiger partial charge in [0.15, 0.2) is 0 Å². The Hall–Kier alpha value is -0.120. The van der Waals surface area contributed by atoms with E-state index in [4.69, 9.17) is 10.6 Å². The van der Waals surface area contributed by atoms with Crippen molar-refractivity contribution in [3.05, 3.63) is 0 Å². The first-order valence-electron chi connectivity index (χ1n) is 6.04. The van der Waals surface area contributed by atoms with Crippen LogP contribution in [0.3, 0.4) is 0 Å². The van der Waals surface area contributed by atoms with E-state index in [9.17, 15) is 0 Å². The Bertz CT molecular complexity index is 189. The van der Waals surface area contributed by atoms with Gasteiger partial charge in [-0.1, -0.05) is 20.8 Å². The number of hydrogen-bond donors (Lipinski definition) is 2. The van der Waals surface area contributed by atoms with Gasteiger partial charge in [-0.05, 0) is 38.0 Å². The molecule has 90 valence electrons. The molecule has 0 amide bonds. The van der Waals surface area contributed by atoms with Crippen LogP contribution in [-0.4, -0.2) is 18.2 Å². The highest BCUT2D eigenvalue weighted by atomic mass is 16.5. The Labute approximate surface area is 93.7 Å². The van der Waals surface area contributed by atoms with Gasteiger partial charge in [-0.2, -0.15) is 0 Å². The lowest BCUT2D eigenvalue weighted by atomic mass is 9.87. The quantitative estimate of drug-likeness (QED) is 0.557. The minimum atomic E-state index is 0.312. The van der Waals surface area contributed by atoms with Gasteiger partial charge in [0.1, 0.15) is 0 Å². The molecule has 1 aliphatic heterocycles. The Kier molecular flexibility index (Phi) is 4.56. The number of nitrogens with two attached hydrogens (primary N) is 1. The van der Waals surface area contributed by atoms with Crippen molar-refractivity contribution in [3.63, 3.8) is 0 Å². The van der Waals surface area contributed by atoms with Gasteiger partial charge in [0.05, 0.1) is 12.2 Å². The normalized spacial score (nSPS) is 29.4. The van der Waals surface area contributed by atoms with Crippen LogP contribution in [0.2, 0.25) is 0 Å². The zero-order chi connectivity index (χ0) is 11.5. The summed E-state index contributed by atoms with van der Waals surface area (Å²) in [5, 5.41) is 0. The number of nitrogens with one attached hydrogen (secondary N) is 1. The van der Waals surface area contributed by atoms with Gasteiger partial charge in [-0.25, -0.2) is 0 Å². The summed E-state index contributed by atoms with van der Waals surface area (Å²) in [6.45, 7) is 8.92. The Morgan fingerprint density at radius 3 is 2.47 bits per heavy atom. The van der Waals surface area contributed by atoms with Crippen LogP contribution in [0.5, 0.6) is 0 Å². The van der Waals surface area contributed by atoms with Crippen LogP contribution in [0.4, 0.5) is 0 Å². The summed E-state index contributed by atoms with van der Waals surface area (Å²) in [5.41, 5.74) is 3.29. The van der Waals surface area contributed by atoms with E-state index in [0.29, 0.717) is 23.7 Å². The first kappa shape index (κ1) is 12.9. The van der Waals surface area contributed by atoms with Gasteiger partial charge in [-0.3, -0.25) is 11.3 Å². The summed E-state index contributed by atoms with van der Waals surface area (Å²) in [6.07, 6.45) is 5.29. The fraction of sp³-hybridized carbons (Fsp3) is 1.00. The van der Waals surface area contributed by atoms with E-state index in [-0.39, 0.29) is 0 Å². The molecule has 0 radical (unpaired) electrons. The number of hydrazine groups is 1. The van der Waals surface area contributed by atoms with Crippen molar-refractivity contribution >= 4 is 0 Å². The summed E-state index contributed by atoms with van der Waals surface area (Å²) in [5.74, 6) is 5.60. The Morgan fingerprint density at radius 2 is 2.07 bits per heavy atom. The van der Waals surface area contributed by atoms with Gasteiger partial charge in [0.25, 0.3) is 0 Å². The van der Waals surface area contributed by atoms with Gasteiger partial charge in [0, 0.05) is 6.04 Å². The highest BCUT2D eigenvalue weighted by Gasteiger charge is 2.29. The molecule has 0 bridgehead atoms. The average Bonchev–Trinajstić information content (AvgIpc) is 2.51.